The summed E-state index contributed by atoms with van der Waals surface area (Å²) in [6, 6.07) is 0. The molecule has 0 radical (unpaired) electrons. The fraction of sp³-hybridized carbons (Fsp3) is 0.652. The molecule has 2 atom stereocenters. The topological polar surface area (TPSA) is 64.6 Å². The molecule has 5 heteroatoms. The summed E-state index contributed by atoms with van der Waals surface area (Å²) in [4.78, 5) is 25.9. The number of ether oxygens (including phenoxy) is 2. The van der Waals surface area contributed by atoms with E-state index >= 15 is 0 Å². The lowest BCUT2D eigenvalue weighted by Crippen LogP contribution is -2.39. The maximum absolute atomic E-state index is 13.1. The van der Waals surface area contributed by atoms with Gasteiger partial charge in [-0.3, -0.25) is 9.59 Å². The van der Waals surface area contributed by atoms with Crippen molar-refractivity contribution in [3.8, 4) is 0 Å². The number of ketones is 2. The molecular formula is C23H37NO4. The van der Waals surface area contributed by atoms with Crippen LogP contribution in [-0.4, -0.2) is 38.4 Å². The average molecular weight is 392 g/mol. The van der Waals surface area contributed by atoms with Crippen LogP contribution < -0.4 is 5.32 Å². The molecule has 0 fully saturated rings. The number of carbonyl (C=O) groups is 2. The van der Waals surface area contributed by atoms with Gasteiger partial charge in [0.1, 0.15) is 0 Å². The van der Waals surface area contributed by atoms with Crippen LogP contribution in [0.15, 0.2) is 34.3 Å². The van der Waals surface area contributed by atoms with Crippen LogP contribution in [0.25, 0.3) is 0 Å². The van der Waals surface area contributed by atoms with Crippen molar-refractivity contribution in [1.82, 2.24) is 5.32 Å². The Hall–Kier alpha value is -1.88. The summed E-state index contributed by atoms with van der Waals surface area (Å²) in [5.41, 5.74) is 1.85. The van der Waals surface area contributed by atoms with Crippen molar-refractivity contribution in [2.24, 2.45) is 5.41 Å². The van der Waals surface area contributed by atoms with Crippen molar-refractivity contribution in [2.45, 2.75) is 72.8 Å². The van der Waals surface area contributed by atoms with Gasteiger partial charge in [0.05, 0.1) is 14.2 Å². The van der Waals surface area contributed by atoms with E-state index < -0.39 is 5.41 Å². The molecule has 5 nitrogen and oxygen atoms in total. The maximum atomic E-state index is 13.1. The van der Waals surface area contributed by atoms with Gasteiger partial charge in [-0.2, -0.15) is 0 Å². The molecule has 0 saturated carbocycles. The molecule has 0 aliphatic heterocycles. The number of carbonyl (C=O) groups excluding carboxylic acids is 2. The van der Waals surface area contributed by atoms with Gasteiger partial charge in [0.2, 0.25) is 23.1 Å². The van der Waals surface area contributed by atoms with Crippen LogP contribution in [0.1, 0.15) is 67.2 Å². The SMILES string of the molecule is CCC(C)(C/C(C)=C/CC(C)(CC)C1=C(C)C(=O)C(OC)=C(OC)C1=O)NC. The van der Waals surface area contributed by atoms with Crippen LogP contribution in [0.5, 0.6) is 0 Å². The second-order valence-electron chi connectivity index (χ2n) is 8.23. The second kappa shape index (κ2) is 9.55. The van der Waals surface area contributed by atoms with Gasteiger partial charge in [0, 0.05) is 22.1 Å². The number of hydrogen-bond donors (Lipinski definition) is 1. The molecule has 0 saturated heterocycles. The molecule has 0 spiro atoms. The summed E-state index contributed by atoms with van der Waals surface area (Å²) in [5, 5.41) is 3.39. The molecule has 0 aromatic rings. The molecule has 0 aromatic carbocycles. The average Bonchev–Trinajstić information content (AvgIpc) is 2.68. The van der Waals surface area contributed by atoms with E-state index in [4.69, 9.17) is 9.47 Å². The highest BCUT2D eigenvalue weighted by molar-refractivity contribution is 6.23. The van der Waals surface area contributed by atoms with E-state index in [2.05, 4.69) is 32.2 Å². The third kappa shape index (κ3) is 4.75. The van der Waals surface area contributed by atoms with Gasteiger partial charge in [-0.1, -0.05) is 32.4 Å². The fourth-order valence-electron chi connectivity index (χ4n) is 3.77. The predicted molar refractivity (Wildman–Crippen MR) is 113 cm³/mol. The molecule has 2 unspecified atom stereocenters. The molecule has 1 N–H and O–H groups in total. The molecule has 0 bridgehead atoms. The van der Waals surface area contributed by atoms with Gasteiger partial charge in [-0.05, 0) is 53.5 Å². The molecular weight excluding hydrogens is 354 g/mol. The Kier molecular flexibility index (Phi) is 8.24. The number of hydrogen-bond acceptors (Lipinski definition) is 5. The molecule has 1 aliphatic rings. The zero-order chi connectivity index (χ0) is 21.7. The Bertz CT molecular complexity index is 710. The second-order valence-corrected chi connectivity index (χ2v) is 8.23. The highest BCUT2D eigenvalue weighted by atomic mass is 16.5. The first-order valence-electron chi connectivity index (χ1n) is 10.0. The van der Waals surface area contributed by atoms with Gasteiger partial charge in [0.15, 0.2) is 0 Å². The molecule has 28 heavy (non-hydrogen) atoms. The molecule has 1 rings (SSSR count). The van der Waals surface area contributed by atoms with E-state index in [1.807, 2.05) is 20.9 Å². The van der Waals surface area contributed by atoms with Crippen molar-refractivity contribution in [2.75, 3.05) is 21.3 Å². The lowest BCUT2D eigenvalue weighted by atomic mass is 9.70. The minimum atomic E-state index is -0.455. The third-order valence-electron chi connectivity index (χ3n) is 6.31. The van der Waals surface area contributed by atoms with Gasteiger partial charge >= 0.3 is 0 Å². The van der Waals surface area contributed by atoms with Crippen LogP contribution in [0.4, 0.5) is 0 Å². The van der Waals surface area contributed by atoms with E-state index in [0.29, 0.717) is 17.6 Å². The largest absolute Gasteiger partial charge is 0.489 e. The number of Topliss-reactive ketones (excluding diaryl/α,β-unsaturated/α-hetero) is 2. The minimum Gasteiger partial charge on any atom is -0.489 e. The molecule has 1 aliphatic carbocycles. The summed E-state index contributed by atoms with van der Waals surface area (Å²) < 4.78 is 10.4. The van der Waals surface area contributed by atoms with Crippen molar-refractivity contribution in [1.29, 1.82) is 0 Å². The van der Waals surface area contributed by atoms with Gasteiger partial charge in [0.25, 0.3) is 0 Å². The number of nitrogens with one attached hydrogen (secondary N) is 1. The summed E-state index contributed by atoms with van der Waals surface area (Å²) in [6.45, 7) is 12.3. The first-order valence-corrected chi connectivity index (χ1v) is 10.0. The van der Waals surface area contributed by atoms with E-state index in [1.54, 1.807) is 6.92 Å². The van der Waals surface area contributed by atoms with E-state index in [0.717, 1.165) is 19.3 Å². The van der Waals surface area contributed by atoms with E-state index in [9.17, 15) is 9.59 Å². The number of methoxy groups -OCH3 is 2. The van der Waals surface area contributed by atoms with Crippen molar-refractivity contribution < 1.29 is 19.1 Å². The fourth-order valence-corrected chi connectivity index (χ4v) is 3.77. The highest BCUT2D eigenvalue weighted by Crippen LogP contribution is 2.42. The summed E-state index contributed by atoms with van der Waals surface area (Å²) in [6.07, 6.45) is 5.58. The minimum absolute atomic E-state index is 0.00205. The zero-order valence-corrected chi connectivity index (χ0v) is 19.0. The standard InChI is InChI=1S/C23H37NO4/c1-10-22(5,13-12-15(3)14-23(6,11-2)24-7)17-16(4)18(25)20(27-8)21(28-9)19(17)26/h12,24H,10-11,13-14H2,1-9H3/b15-12+. The smallest absolute Gasteiger partial charge is 0.228 e. The van der Waals surface area contributed by atoms with Crippen LogP contribution in [0.3, 0.4) is 0 Å². The quantitative estimate of drug-likeness (QED) is 0.439. The summed E-state index contributed by atoms with van der Waals surface area (Å²) in [7, 11) is 4.77. The van der Waals surface area contributed by atoms with Crippen molar-refractivity contribution in [3.05, 3.63) is 34.3 Å². The van der Waals surface area contributed by atoms with Gasteiger partial charge in [-0.25, -0.2) is 0 Å². The Labute approximate surface area is 170 Å². The number of rotatable bonds is 10. The third-order valence-corrected chi connectivity index (χ3v) is 6.31. The number of allylic oxidation sites excluding steroid dienone is 3. The van der Waals surface area contributed by atoms with Gasteiger partial charge in [-0.15, -0.1) is 0 Å². The van der Waals surface area contributed by atoms with Crippen LogP contribution in [-0.2, 0) is 19.1 Å². The highest BCUT2D eigenvalue weighted by Gasteiger charge is 2.42. The normalized spacial score (nSPS) is 20.2. The van der Waals surface area contributed by atoms with Crippen LogP contribution in [0.2, 0.25) is 0 Å². The maximum Gasteiger partial charge on any atom is 0.228 e. The Morgan fingerprint density at radius 1 is 1.04 bits per heavy atom. The molecule has 0 heterocycles. The van der Waals surface area contributed by atoms with E-state index in [-0.39, 0.29) is 28.6 Å². The first-order chi connectivity index (χ1) is 13.0. The molecule has 0 amide bonds. The predicted octanol–water partition coefficient (Wildman–Crippen LogP) is 4.49. The Morgan fingerprint density at radius 2 is 1.57 bits per heavy atom. The Morgan fingerprint density at radius 3 is 2.00 bits per heavy atom. The monoisotopic (exact) mass is 391 g/mol. The lowest BCUT2D eigenvalue weighted by molar-refractivity contribution is -0.122. The first kappa shape index (κ1) is 24.2. The van der Waals surface area contributed by atoms with Crippen molar-refractivity contribution in [3.63, 3.8) is 0 Å². The zero-order valence-electron chi connectivity index (χ0n) is 19.0. The van der Waals surface area contributed by atoms with Gasteiger partial charge < -0.3 is 14.8 Å². The lowest BCUT2D eigenvalue weighted by Gasteiger charge is -2.34. The Balaban J connectivity index is 3.27. The van der Waals surface area contributed by atoms with Crippen LogP contribution in [0, 0.1) is 5.41 Å². The summed E-state index contributed by atoms with van der Waals surface area (Å²) >= 11 is 0. The molecule has 0 aromatic heterocycles. The van der Waals surface area contributed by atoms with Crippen molar-refractivity contribution >= 4 is 11.6 Å². The molecule has 158 valence electrons. The summed E-state index contributed by atoms with van der Waals surface area (Å²) in [5.74, 6) is -0.530. The van der Waals surface area contributed by atoms with Crippen LogP contribution >= 0.6 is 0 Å². The van der Waals surface area contributed by atoms with E-state index in [1.165, 1.54) is 19.8 Å².